The quantitative estimate of drug-likeness (QED) is 0.774. The largest absolute Gasteiger partial charge is 0.491 e. The number of hydrogen-bond acceptors (Lipinski definition) is 2. The molecule has 122 valence electrons. The molecular formula is C20H24FNO. The fourth-order valence-corrected chi connectivity index (χ4v) is 3.26. The van der Waals surface area contributed by atoms with E-state index < -0.39 is 0 Å². The topological polar surface area (TPSA) is 12.5 Å². The SMILES string of the molecule is CC(C)Oc1ccc(CN2CCC[C@@H]2c2ccc(F)cc2)cc1. The molecule has 1 aliphatic heterocycles. The molecule has 1 saturated heterocycles. The molecule has 0 amide bonds. The second kappa shape index (κ2) is 7.14. The van der Waals surface area contributed by atoms with E-state index in [4.69, 9.17) is 4.74 Å². The Balaban J connectivity index is 1.67. The molecule has 2 nitrogen and oxygen atoms in total. The van der Waals surface area contributed by atoms with Crippen molar-refractivity contribution in [3.05, 3.63) is 65.5 Å². The second-order valence-corrected chi connectivity index (χ2v) is 6.49. The minimum Gasteiger partial charge on any atom is -0.491 e. The summed E-state index contributed by atoms with van der Waals surface area (Å²) in [6.07, 6.45) is 2.53. The van der Waals surface area contributed by atoms with Crippen LogP contribution in [-0.2, 0) is 6.54 Å². The molecule has 1 aliphatic rings. The van der Waals surface area contributed by atoms with Gasteiger partial charge in [0.1, 0.15) is 11.6 Å². The maximum absolute atomic E-state index is 13.1. The molecular weight excluding hydrogens is 289 g/mol. The van der Waals surface area contributed by atoms with Gasteiger partial charge >= 0.3 is 0 Å². The summed E-state index contributed by atoms with van der Waals surface area (Å²) in [7, 11) is 0. The Morgan fingerprint density at radius 1 is 1.09 bits per heavy atom. The van der Waals surface area contributed by atoms with Gasteiger partial charge < -0.3 is 4.74 Å². The molecule has 1 heterocycles. The van der Waals surface area contributed by atoms with Crippen molar-refractivity contribution in [3.8, 4) is 5.75 Å². The number of hydrogen-bond donors (Lipinski definition) is 0. The molecule has 0 N–H and O–H groups in total. The van der Waals surface area contributed by atoms with Gasteiger partial charge in [0.05, 0.1) is 6.10 Å². The molecule has 1 atom stereocenters. The molecule has 0 saturated carbocycles. The Hall–Kier alpha value is -1.87. The maximum atomic E-state index is 13.1. The summed E-state index contributed by atoms with van der Waals surface area (Å²) in [5, 5.41) is 0. The monoisotopic (exact) mass is 313 g/mol. The first-order valence-electron chi connectivity index (χ1n) is 8.37. The number of halogens is 1. The van der Waals surface area contributed by atoms with Crippen LogP contribution in [0.2, 0.25) is 0 Å². The van der Waals surface area contributed by atoms with Crippen LogP contribution in [0.25, 0.3) is 0 Å². The molecule has 0 spiro atoms. The molecule has 0 aliphatic carbocycles. The lowest BCUT2D eigenvalue weighted by atomic mass is 10.0. The van der Waals surface area contributed by atoms with Crippen molar-refractivity contribution in [1.29, 1.82) is 0 Å². The van der Waals surface area contributed by atoms with Crippen molar-refractivity contribution in [2.75, 3.05) is 6.54 Å². The van der Waals surface area contributed by atoms with E-state index in [1.807, 2.05) is 38.1 Å². The predicted molar refractivity (Wildman–Crippen MR) is 91.0 cm³/mol. The third-order valence-corrected chi connectivity index (χ3v) is 4.30. The Kier molecular flexibility index (Phi) is 4.97. The summed E-state index contributed by atoms with van der Waals surface area (Å²) in [4.78, 5) is 2.48. The van der Waals surface area contributed by atoms with E-state index in [9.17, 15) is 4.39 Å². The number of benzene rings is 2. The number of likely N-dealkylation sites (tertiary alicyclic amines) is 1. The van der Waals surface area contributed by atoms with Crippen molar-refractivity contribution in [3.63, 3.8) is 0 Å². The standard InChI is InChI=1S/C20H24FNO/c1-15(2)23-19-11-5-16(6-12-19)14-22-13-3-4-20(22)17-7-9-18(21)10-8-17/h5-12,15,20H,3-4,13-14H2,1-2H3/t20-/m1/s1. The van der Waals surface area contributed by atoms with E-state index >= 15 is 0 Å². The lowest BCUT2D eigenvalue weighted by Gasteiger charge is -2.25. The molecule has 2 aromatic rings. The van der Waals surface area contributed by atoms with E-state index in [1.54, 1.807) is 12.1 Å². The van der Waals surface area contributed by atoms with Gasteiger partial charge in [-0.25, -0.2) is 4.39 Å². The van der Waals surface area contributed by atoms with E-state index in [-0.39, 0.29) is 11.9 Å². The minimum atomic E-state index is -0.168. The average molecular weight is 313 g/mol. The number of ether oxygens (including phenoxy) is 1. The molecule has 3 heteroatoms. The van der Waals surface area contributed by atoms with Gasteiger partial charge in [0.25, 0.3) is 0 Å². The van der Waals surface area contributed by atoms with Gasteiger partial charge in [-0.15, -0.1) is 0 Å². The van der Waals surface area contributed by atoms with Crippen LogP contribution in [0.1, 0.15) is 43.9 Å². The van der Waals surface area contributed by atoms with E-state index in [0.717, 1.165) is 25.3 Å². The lowest BCUT2D eigenvalue weighted by Crippen LogP contribution is -2.22. The van der Waals surface area contributed by atoms with Crippen molar-refractivity contribution in [2.24, 2.45) is 0 Å². The highest BCUT2D eigenvalue weighted by molar-refractivity contribution is 5.28. The van der Waals surface area contributed by atoms with Crippen LogP contribution in [0.5, 0.6) is 5.75 Å². The summed E-state index contributed by atoms with van der Waals surface area (Å²) in [5.41, 5.74) is 2.50. The Morgan fingerprint density at radius 2 is 1.78 bits per heavy atom. The van der Waals surface area contributed by atoms with E-state index in [2.05, 4.69) is 17.0 Å². The molecule has 0 aromatic heterocycles. The Labute approximate surface area is 137 Å². The molecule has 0 radical (unpaired) electrons. The first-order chi connectivity index (χ1) is 11.1. The third kappa shape index (κ3) is 4.11. The molecule has 0 unspecified atom stereocenters. The zero-order chi connectivity index (χ0) is 16.2. The highest BCUT2D eigenvalue weighted by Gasteiger charge is 2.25. The lowest BCUT2D eigenvalue weighted by molar-refractivity contribution is 0.240. The van der Waals surface area contributed by atoms with Crippen LogP contribution < -0.4 is 4.74 Å². The summed E-state index contributed by atoms with van der Waals surface area (Å²) < 4.78 is 18.8. The smallest absolute Gasteiger partial charge is 0.123 e. The van der Waals surface area contributed by atoms with Crippen LogP contribution >= 0.6 is 0 Å². The van der Waals surface area contributed by atoms with E-state index in [0.29, 0.717) is 6.04 Å². The zero-order valence-corrected chi connectivity index (χ0v) is 13.8. The van der Waals surface area contributed by atoms with Crippen molar-refractivity contribution in [2.45, 2.75) is 45.4 Å². The van der Waals surface area contributed by atoms with Crippen LogP contribution in [-0.4, -0.2) is 17.5 Å². The van der Waals surface area contributed by atoms with Crippen LogP contribution in [0.3, 0.4) is 0 Å². The van der Waals surface area contributed by atoms with Crippen LogP contribution in [0.4, 0.5) is 4.39 Å². The van der Waals surface area contributed by atoms with Gasteiger partial charge in [-0.3, -0.25) is 4.90 Å². The summed E-state index contributed by atoms with van der Waals surface area (Å²) in [5.74, 6) is 0.749. The van der Waals surface area contributed by atoms with Gasteiger partial charge in [0.15, 0.2) is 0 Å². The third-order valence-electron chi connectivity index (χ3n) is 4.30. The second-order valence-electron chi connectivity index (χ2n) is 6.49. The summed E-state index contributed by atoms with van der Waals surface area (Å²) in [6, 6.07) is 15.7. The maximum Gasteiger partial charge on any atom is 0.123 e. The van der Waals surface area contributed by atoms with Gasteiger partial charge in [-0.1, -0.05) is 24.3 Å². The fourth-order valence-electron chi connectivity index (χ4n) is 3.26. The molecule has 1 fully saturated rings. The van der Waals surface area contributed by atoms with Crippen molar-refractivity contribution < 1.29 is 9.13 Å². The van der Waals surface area contributed by atoms with Gasteiger partial charge in [-0.2, -0.15) is 0 Å². The number of rotatable bonds is 5. The fraction of sp³-hybridized carbons (Fsp3) is 0.400. The highest BCUT2D eigenvalue weighted by atomic mass is 19.1. The minimum absolute atomic E-state index is 0.168. The average Bonchev–Trinajstić information content (AvgIpc) is 2.98. The van der Waals surface area contributed by atoms with Gasteiger partial charge in [-0.05, 0) is 68.6 Å². The molecule has 23 heavy (non-hydrogen) atoms. The predicted octanol–water partition coefficient (Wildman–Crippen LogP) is 4.95. The Bertz CT molecular complexity index is 621. The normalized spacial score (nSPS) is 18.5. The van der Waals surface area contributed by atoms with Gasteiger partial charge in [0, 0.05) is 12.6 Å². The van der Waals surface area contributed by atoms with Crippen LogP contribution in [0.15, 0.2) is 48.5 Å². The summed E-state index contributed by atoms with van der Waals surface area (Å²) in [6.45, 7) is 6.08. The van der Waals surface area contributed by atoms with Crippen molar-refractivity contribution >= 4 is 0 Å². The first kappa shape index (κ1) is 16.0. The molecule has 0 bridgehead atoms. The number of nitrogens with zero attached hydrogens (tertiary/aromatic N) is 1. The van der Waals surface area contributed by atoms with Crippen LogP contribution in [0, 0.1) is 5.82 Å². The Morgan fingerprint density at radius 3 is 2.43 bits per heavy atom. The molecule has 3 rings (SSSR count). The van der Waals surface area contributed by atoms with Crippen molar-refractivity contribution in [1.82, 2.24) is 4.90 Å². The zero-order valence-electron chi connectivity index (χ0n) is 13.8. The first-order valence-corrected chi connectivity index (χ1v) is 8.37. The highest BCUT2D eigenvalue weighted by Crippen LogP contribution is 2.33. The van der Waals surface area contributed by atoms with E-state index in [1.165, 1.54) is 17.5 Å². The van der Waals surface area contributed by atoms with Gasteiger partial charge in [0.2, 0.25) is 0 Å². The molecule has 2 aromatic carbocycles. The summed E-state index contributed by atoms with van der Waals surface area (Å²) >= 11 is 0.